The third kappa shape index (κ3) is 4.28. The van der Waals surface area contributed by atoms with Crippen molar-refractivity contribution in [1.82, 2.24) is 0 Å². The highest BCUT2D eigenvalue weighted by Crippen LogP contribution is 2.07. The fraction of sp³-hybridized carbons (Fsp3) is 0.222. The second-order valence-corrected chi connectivity index (χ2v) is 4.71. The largest absolute Gasteiger partial charge is 0.330 e. The molecular weight excluding hydrogens is 230 g/mol. The first-order chi connectivity index (χ1) is 9.28. The van der Waals surface area contributed by atoms with Crippen LogP contribution < -0.4 is 5.73 Å². The maximum Gasteiger partial charge on any atom is 0.0251 e. The molecule has 0 radical (unpaired) electrons. The van der Waals surface area contributed by atoms with Gasteiger partial charge in [-0.1, -0.05) is 41.7 Å². The summed E-state index contributed by atoms with van der Waals surface area (Å²) in [4.78, 5) is 0. The van der Waals surface area contributed by atoms with E-state index in [9.17, 15) is 0 Å². The van der Waals surface area contributed by atoms with Crippen molar-refractivity contribution in [1.29, 1.82) is 0 Å². The molecule has 0 spiro atoms. The van der Waals surface area contributed by atoms with Crippen LogP contribution in [0.25, 0.3) is 0 Å². The third-order valence-electron chi connectivity index (χ3n) is 3.00. The van der Waals surface area contributed by atoms with Gasteiger partial charge < -0.3 is 5.73 Å². The molecule has 2 aromatic carbocycles. The fourth-order valence-electron chi connectivity index (χ4n) is 1.89. The van der Waals surface area contributed by atoms with Crippen molar-refractivity contribution in [3.63, 3.8) is 0 Å². The van der Waals surface area contributed by atoms with Crippen LogP contribution in [-0.2, 0) is 6.42 Å². The van der Waals surface area contributed by atoms with Crippen LogP contribution in [0.1, 0.15) is 28.7 Å². The molecule has 0 saturated heterocycles. The smallest absolute Gasteiger partial charge is 0.0251 e. The molecule has 2 N–H and O–H groups in total. The van der Waals surface area contributed by atoms with E-state index in [4.69, 9.17) is 5.73 Å². The van der Waals surface area contributed by atoms with Gasteiger partial charge >= 0.3 is 0 Å². The summed E-state index contributed by atoms with van der Waals surface area (Å²) in [6.07, 6.45) is 2.05. The first-order valence-electron chi connectivity index (χ1n) is 6.65. The van der Waals surface area contributed by atoms with Crippen LogP contribution in [0.15, 0.2) is 48.5 Å². The molecule has 1 nitrogen and oxygen atoms in total. The Bertz CT molecular complexity index is 585. The van der Waals surface area contributed by atoms with Crippen LogP contribution in [0.3, 0.4) is 0 Å². The minimum absolute atomic E-state index is 0.735. The summed E-state index contributed by atoms with van der Waals surface area (Å²) in [5.74, 6) is 6.41. The molecule has 0 amide bonds. The molecule has 0 unspecified atom stereocenters. The molecule has 1 heteroatoms. The van der Waals surface area contributed by atoms with Crippen molar-refractivity contribution < 1.29 is 0 Å². The minimum Gasteiger partial charge on any atom is -0.330 e. The Morgan fingerprint density at radius 3 is 2.42 bits per heavy atom. The van der Waals surface area contributed by atoms with Crippen molar-refractivity contribution in [3.05, 3.63) is 70.8 Å². The Labute approximate surface area is 115 Å². The normalized spacial score (nSPS) is 9.79. The van der Waals surface area contributed by atoms with Gasteiger partial charge in [-0.2, -0.15) is 0 Å². The van der Waals surface area contributed by atoms with E-state index in [2.05, 4.69) is 61.2 Å². The van der Waals surface area contributed by atoms with Gasteiger partial charge in [0.2, 0.25) is 0 Å². The summed E-state index contributed by atoms with van der Waals surface area (Å²) in [5.41, 5.74) is 10.2. The van der Waals surface area contributed by atoms with Gasteiger partial charge in [0.25, 0.3) is 0 Å². The van der Waals surface area contributed by atoms with Crippen molar-refractivity contribution in [2.45, 2.75) is 19.8 Å². The summed E-state index contributed by atoms with van der Waals surface area (Å²) < 4.78 is 0. The van der Waals surface area contributed by atoms with E-state index in [1.165, 1.54) is 11.1 Å². The van der Waals surface area contributed by atoms with Gasteiger partial charge in [-0.3, -0.25) is 0 Å². The fourth-order valence-corrected chi connectivity index (χ4v) is 1.89. The van der Waals surface area contributed by atoms with Crippen molar-refractivity contribution >= 4 is 0 Å². The van der Waals surface area contributed by atoms with Crippen molar-refractivity contribution in [2.24, 2.45) is 5.73 Å². The maximum absolute atomic E-state index is 5.53. The van der Waals surface area contributed by atoms with Crippen LogP contribution in [0.2, 0.25) is 0 Å². The Balaban J connectivity index is 2.13. The molecule has 0 fully saturated rings. The number of rotatable bonds is 3. The molecule has 0 atom stereocenters. The van der Waals surface area contributed by atoms with Crippen LogP contribution in [0, 0.1) is 18.8 Å². The van der Waals surface area contributed by atoms with Gasteiger partial charge in [-0.05, 0) is 56.1 Å². The number of aryl methyl sites for hydroxylation is 2. The molecule has 19 heavy (non-hydrogen) atoms. The average molecular weight is 249 g/mol. The van der Waals surface area contributed by atoms with Gasteiger partial charge in [-0.25, -0.2) is 0 Å². The van der Waals surface area contributed by atoms with Gasteiger partial charge in [0.15, 0.2) is 0 Å². The van der Waals surface area contributed by atoms with E-state index in [-0.39, 0.29) is 0 Å². The first kappa shape index (κ1) is 13.4. The monoisotopic (exact) mass is 249 g/mol. The number of benzene rings is 2. The standard InChI is InChI=1S/C18H19N/c1-15-7-9-16(10-8-15)11-12-18-5-2-4-17(14-18)6-3-13-19/h2,4-5,7-10,14H,3,6,13,19H2,1H3. The molecule has 0 heterocycles. The van der Waals surface area contributed by atoms with Crippen LogP contribution in [0.4, 0.5) is 0 Å². The lowest BCUT2D eigenvalue weighted by molar-refractivity contribution is 0.832. The van der Waals surface area contributed by atoms with Crippen LogP contribution in [0.5, 0.6) is 0 Å². The summed E-state index contributed by atoms with van der Waals surface area (Å²) in [5, 5.41) is 0. The molecule has 0 aromatic heterocycles. The van der Waals surface area contributed by atoms with Crippen molar-refractivity contribution in [2.75, 3.05) is 6.54 Å². The van der Waals surface area contributed by atoms with Crippen LogP contribution in [-0.4, -0.2) is 6.54 Å². The molecular formula is C18H19N. The van der Waals surface area contributed by atoms with Crippen LogP contribution >= 0.6 is 0 Å². The average Bonchev–Trinajstić information content (AvgIpc) is 2.45. The zero-order valence-electron chi connectivity index (χ0n) is 11.3. The maximum atomic E-state index is 5.53. The van der Waals surface area contributed by atoms with E-state index in [0.29, 0.717) is 0 Å². The zero-order chi connectivity index (χ0) is 13.5. The summed E-state index contributed by atoms with van der Waals surface area (Å²) in [6.45, 7) is 2.82. The highest BCUT2D eigenvalue weighted by Gasteiger charge is 1.93. The molecule has 0 aliphatic heterocycles. The van der Waals surface area contributed by atoms with E-state index in [1.807, 2.05) is 6.07 Å². The van der Waals surface area contributed by atoms with E-state index >= 15 is 0 Å². The summed E-state index contributed by atoms with van der Waals surface area (Å²) in [7, 11) is 0. The lowest BCUT2D eigenvalue weighted by Crippen LogP contribution is -2.00. The quantitative estimate of drug-likeness (QED) is 0.830. The Hall–Kier alpha value is -2.04. The molecule has 2 rings (SSSR count). The molecule has 0 aliphatic carbocycles. The highest BCUT2D eigenvalue weighted by atomic mass is 14.5. The topological polar surface area (TPSA) is 26.0 Å². The third-order valence-corrected chi connectivity index (χ3v) is 3.00. The van der Waals surface area contributed by atoms with Gasteiger partial charge in [0, 0.05) is 11.1 Å². The lowest BCUT2D eigenvalue weighted by Gasteiger charge is -2.00. The molecule has 96 valence electrons. The number of hydrogen-bond donors (Lipinski definition) is 1. The predicted molar refractivity (Wildman–Crippen MR) is 81.0 cm³/mol. The number of nitrogens with two attached hydrogens (primary N) is 1. The highest BCUT2D eigenvalue weighted by molar-refractivity contribution is 5.44. The van der Waals surface area contributed by atoms with E-state index in [1.54, 1.807) is 0 Å². The van der Waals surface area contributed by atoms with E-state index in [0.717, 1.165) is 30.5 Å². The minimum atomic E-state index is 0.735. The molecule has 0 aliphatic rings. The Morgan fingerprint density at radius 1 is 0.947 bits per heavy atom. The Morgan fingerprint density at radius 2 is 1.68 bits per heavy atom. The summed E-state index contributed by atoms with van der Waals surface area (Å²) >= 11 is 0. The number of hydrogen-bond acceptors (Lipinski definition) is 1. The zero-order valence-corrected chi connectivity index (χ0v) is 11.3. The SMILES string of the molecule is Cc1ccc(C#Cc2cccc(CCCN)c2)cc1. The second-order valence-electron chi connectivity index (χ2n) is 4.71. The summed E-state index contributed by atoms with van der Waals surface area (Å²) in [6, 6.07) is 16.7. The Kier molecular flexibility index (Phi) is 4.78. The predicted octanol–water partition coefficient (Wildman–Crippen LogP) is 3.29. The van der Waals surface area contributed by atoms with Gasteiger partial charge in [-0.15, -0.1) is 0 Å². The molecule has 2 aromatic rings. The first-order valence-corrected chi connectivity index (χ1v) is 6.65. The second kappa shape index (κ2) is 6.78. The molecule has 0 saturated carbocycles. The molecule has 0 bridgehead atoms. The van der Waals surface area contributed by atoms with Gasteiger partial charge in [0.1, 0.15) is 0 Å². The lowest BCUT2D eigenvalue weighted by atomic mass is 10.1. The van der Waals surface area contributed by atoms with Gasteiger partial charge in [0.05, 0.1) is 0 Å². The van der Waals surface area contributed by atoms with Crippen molar-refractivity contribution in [3.8, 4) is 11.8 Å². The van der Waals surface area contributed by atoms with E-state index < -0.39 is 0 Å².